The van der Waals surface area contributed by atoms with Gasteiger partial charge in [0.05, 0.1) is 0 Å². The fraction of sp³-hybridized carbons (Fsp3) is 0.312. The van der Waals surface area contributed by atoms with Crippen LogP contribution in [0.1, 0.15) is 30.2 Å². The quantitative estimate of drug-likeness (QED) is 0.758. The average Bonchev–Trinajstić information content (AvgIpc) is 2.34. The Morgan fingerprint density at radius 1 is 1.12 bits per heavy atom. The van der Waals surface area contributed by atoms with Crippen molar-refractivity contribution in [1.29, 1.82) is 0 Å². The molecule has 1 aromatic heterocycles. The molecule has 0 unspecified atom stereocenters. The fourth-order valence-electron chi connectivity index (χ4n) is 2.08. The van der Waals surface area contributed by atoms with Crippen molar-refractivity contribution in [2.45, 2.75) is 33.6 Å². The molecule has 0 saturated heterocycles. The summed E-state index contributed by atoms with van der Waals surface area (Å²) in [5.41, 5.74) is 6.35. The van der Waals surface area contributed by atoms with Crippen LogP contribution >= 0.6 is 0 Å². The van der Waals surface area contributed by atoms with Gasteiger partial charge >= 0.3 is 0 Å². The van der Waals surface area contributed by atoms with Crippen molar-refractivity contribution in [1.82, 2.24) is 4.98 Å². The number of hydrogen-bond donors (Lipinski definition) is 0. The van der Waals surface area contributed by atoms with Gasteiger partial charge < -0.3 is 0 Å². The molecule has 0 N–H and O–H groups in total. The van der Waals surface area contributed by atoms with Gasteiger partial charge in [0.2, 0.25) is 0 Å². The van der Waals surface area contributed by atoms with E-state index in [1.165, 1.54) is 28.7 Å². The van der Waals surface area contributed by atoms with Gasteiger partial charge in [-0.3, -0.25) is 4.98 Å². The number of pyridine rings is 1. The Labute approximate surface area is 104 Å². The minimum atomic E-state index is 1.11. The summed E-state index contributed by atoms with van der Waals surface area (Å²) in [4.78, 5) is 4.46. The van der Waals surface area contributed by atoms with E-state index in [1.54, 1.807) is 0 Å². The number of benzene rings is 1. The average molecular weight is 225 g/mol. The van der Waals surface area contributed by atoms with E-state index in [0.29, 0.717) is 0 Å². The molecular weight excluding hydrogens is 206 g/mol. The largest absolute Gasteiger partial charge is 0.261 e. The summed E-state index contributed by atoms with van der Waals surface area (Å²) in [5.74, 6) is 0. The Balaban J connectivity index is 2.48. The van der Waals surface area contributed by atoms with E-state index in [2.05, 4.69) is 56.1 Å². The second kappa shape index (κ2) is 5.13. The molecule has 0 aliphatic heterocycles. The lowest BCUT2D eigenvalue weighted by Gasteiger charge is -2.10. The van der Waals surface area contributed by atoms with E-state index in [0.717, 1.165) is 12.1 Å². The number of hydrogen-bond acceptors (Lipinski definition) is 1. The Kier molecular flexibility index (Phi) is 3.58. The van der Waals surface area contributed by atoms with Gasteiger partial charge in [-0.2, -0.15) is 0 Å². The molecule has 0 spiro atoms. The van der Waals surface area contributed by atoms with E-state index in [1.807, 2.05) is 6.20 Å². The van der Waals surface area contributed by atoms with E-state index in [9.17, 15) is 0 Å². The predicted molar refractivity (Wildman–Crippen MR) is 73.1 cm³/mol. The molecule has 0 saturated carbocycles. The van der Waals surface area contributed by atoms with Crippen LogP contribution in [-0.2, 0) is 6.42 Å². The normalized spacial score (nSPS) is 10.5. The Hall–Kier alpha value is -1.63. The summed E-state index contributed by atoms with van der Waals surface area (Å²) in [6, 6.07) is 10.9. The number of aromatic nitrogens is 1. The van der Waals surface area contributed by atoms with Gasteiger partial charge in [-0.1, -0.05) is 37.6 Å². The summed E-state index contributed by atoms with van der Waals surface area (Å²) in [7, 11) is 0. The van der Waals surface area contributed by atoms with Crippen LogP contribution in [0.3, 0.4) is 0 Å². The second-order valence-corrected chi connectivity index (χ2v) is 4.53. The molecule has 1 heterocycles. The Bertz CT molecular complexity index is 515. The van der Waals surface area contributed by atoms with Crippen LogP contribution in [0, 0.1) is 13.8 Å². The molecule has 88 valence electrons. The summed E-state index contributed by atoms with van der Waals surface area (Å²) >= 11 is 0. The van der Waals surface area contributed by atoms with E-state index >= 15 is 0 Å². The van der Waals surface area contributed by atoms with Crippen LogP contribution in [0.25, 0.3) is 11.1 Å². The highest BCUT2D eigenvalue weighted by molar-refractivity contribution is 5.67. The molecule has 1 aromatic carbocycles. The lowest BCUT2D eigenvalue weighted by Crippen LogP contribution is -1.92. The first-order chi connectivity index (χ1) is 8.22. The molecule has 0 fully saturated rings. The lowest BCUT2D eigenvalue weighted by atomic mass is 9.97. The van der Waals surface area contributed by atoms with Gasteiger partial charge in [-0.25, -0.2) is 0 Å². The third-order valence-electron chi connectivity index (χ3n) is 3.19. The molecule has 0 bridgehead atoms. The predicted octanol–water partition coefficient (Wildman–Crippen LogP) is 4.32. The molecule has 1 heteroatoms. The summed E-state index contributed by atoms with van der Waals surface area (Å²) in [6.45, 7) is 6.39. The molecule has 2 rings (SSSR count). The first-order valence-corrected chi connectivity index (χ1v) is 6.24. The van der Waals surface area contributed by atoms with Gasteiger partial charge in [0, 0.05) is 17.5 Å². The summed E-state index contributed by atoms with van der Waals surface area (Å²) in [5, 5.41) is 0. The standard InChI is InChI=1S/C16H19N/c1-4-7-14-8-5-6-9-16(14)15-10-12(2)13(3)17-11-15/h5-6,8-11H,4,7H2,1-3H3. The molecule has 1 nitrogen and oxygen atoms in total. The van der Waals surface area contributed by atoms with Crippen LogP contribution < -0.4 is 0 Å². The van der Waals surface area contributed by atoms with Crippen molar-refractivity contribution < 1.29 is 0 Å². The summed E-state index contributed by atoms with van der Waals surface area (Å²) < 4.78 is 0. The number of rotatable bonds is 3. The zero-order chi connectivity index (χ0) is 12.3. The summed E-state index contributed by atoms with van der Waals surface area (Å²) in [6.07, 6.45) is 4.29. The van der Waals surface area contributed by atoms with Crippen LogP contribution in [0.15, 0.2) is 36.5 Å². The number of aryl methyl sites for hydroxylation is 3. The molecular formula is C16H19N. The third-order valence-corrected chi connectivity index (χ3v) is 3.19. The van der Waals surface area contributed by atoms with Gasteiger partial charge in [0.15, 0.2) is 0 Å². The SMILES string of the molecule is CCCc1ccccc1-c1cnc(C)c(C)c1. The van der Waals surface area contributed by atoms with Crippen molar-refractivity contribution in [2.24, 2.45) is 0 Å². The van der Waals surface area contributed by atoms with Gasteiger partial charge in [0.25, 0.3) is 0 Å². The molecule has 17 heavy (non-hydrogen) atoms. The van der Waals surface area contributed by atoms with Crippen molar-refractivity contribution in [3.63, 3.8) is 0 Å². The molecule has 0 radical (unpaired) electrons. The maximum Gasteiger partial charge on any atom is 0.0402 e. The topological polar surface area (TPSA) is 12.9 Å². The third kappa shape index (κ3) is 2.55. The maximum absolute atomic E-state index is 4.46. The van der Waals surface area contributed by atoms with Gasteiger partial charge in [0.1, 0.15) is 0 Å². The first-order valence-electron chi connectivity index (χ1n) is 6.24. The minimum absolute atomic E-state index is 1.11. The van der Waals surface area contributed by atoms with E-state index < -0.39 is 0 Å². The highest BCUT2D eigenvalue weighted by Crippen LogP contribution is 2.25. The van der Waals surface area contributed by atoms with Crippen LogP contribution in [0.5, 0.6) is 0 Å². The van der Waals surface area contributed by atoms with Crippen molar-refractivity contribution >= 4 is 0 Å². The van der Waals surface area contributed by atoms with Crippen molar-refractivity contribution in [3.8, 4) is 11.1 Å². The molecule has 0 aliphatic rings. The van der Waals surface area contributed by atoms with Crippen LogP contribution in [-0.4, -0.2) is 4.98 Å². The molecule has 0 atom stereocenters. The first kappa shape index (κ1) is 11.8. The monoisotopic (exact) mass is 225 g/mol. The molecule has 0 aliphatic carbocycles. The highest BCUT2D eigenvalue weighted by atomic mass is 14.7. The minimum Gasteiger partial charge on any atom is -0.261 e. The van der Waals surface area contributed by atoms with Crippen molar-refractivity contribution in [2.75, 3.05) is 0 Å². The van der Waals surface area contributed by atoms with E-state index in [-0.39, 0.29) is 0 Å². The van der Waals surface area contributed by atoms with Gasteiger partial charge in [-0.05, 0) is 43.0 Å². The smallest absolute Gasteiger partial charge is 0.0402 e. The lowest BCUT2D eigenvalue weighted by molar-refractivity contribution is 0.923. The highest BCUT2D eigenvalue weighted by Gasteiger charge is 2.05. The second-order valence-electron chi connectivity index (χ2n) is 4.53. The number of nitrogens with zero attached hydrogens (tertiary/aromatic N) is 1. The zero-order valence-corrected chi connectivity index (χ0v) is 10.8. The zero-order valence-electron chi connectivity index (χ0n) is 10.8. The fourth-order valence-corrected chi connectivity index (χ4v) is 2.08. The molecule has 2 aromatic rings. The van der Waals surface area contributed by atoms with Gasteiger partial charge in [-0.15, -0.1) is 0 Å². The Morgan fingerprint density at radius 3 is 2.59 bits per heavy atom. The van der Waals surface area contributed by atoms with E-state index in [4.69, 9.17) is 0 Å². The Morgan fingerprint density at radius 2 is 1.88 bits per heavy atom. The maximum atomic E-state index is 4.46. The van der Waals surface area contributed by atoms with Crippen molar-refractivity contribution in [3.05, 3.63) is 53.3 Å². The van der Waals surface area contributed by atoms with Crippen LogP contribution in [0.4, 0.5) is 0 Å². The molecule has 0 amide bonds. The van der Waals surface area contributed by atoms with Crippen LogP contribution in [0.2, 0.25) is 0 Å².